The Hall–Kier alpha value is -2.20. The second-order valence-electron chi connectivity index (χ2n) is 7.95. The molecule has 168 valence electrons. The maximum atomic E-state index is 12.9. The average Bonchev–Trinajstić information content (AvgIpc) is 2.65. The summed E-state index contributed by atoms with van der Waals surface area (Å²) in [5.74, 6) is -3.84. The number of aliphatic hydroxyl groups excluding tert-OH is 1. The van der Waals surface area contributed by atoms with Crippen LogP contribution in [0.2, 0.25) is 0 Å². The number of aliphatic hydroxyl groups is 1. The van der Waals surface area contributed by atoms with Crippen molar-refractivity contribution in [2.45, 2.75) is 72.1 Å². The molecule has 10 nitrogen and oxygen atoms in total. The van der Waals surface area contributed by atoms with Gasteiger partial charge in [0.05, 0.1) is 12.6 Å². The van der Waals surface area contributed by atoms with E-state index in [2.05, 4.69) is 16.0 Å². The molecule has 3 amide bonds. The highest BCUT2D eigenvalue weighted by molar-refractivity contribution is 5.94. The highest BCUT2D eigenvalue weighted by Gasteiger charge is 2.33. The van der Waals surface area contributed by atoms with Gasteiger partial charge in [-0.15, -0.1) is 0 Å². The van der Waals surface area contributed by atoms with E-state index in [-0.39, 0.29) is 17.8 Å². The second kappa shape index (κ2) is 12.4. The van der Waals surface area contributed by atoms with Crippen molar-refractivity contribution in [1.29, 1.82) is 0 Å². The zero-order chi connectivity index (χ0) is 22.9. The predicted octanol–water partition coefficient (Wildman–Crippen LogP) is -0.797. The summed E-state index contributed by atoms with van der Waals surface area (Å²) < 4.78 is 0. The number of amides is 3. The third kappa shape index (κ3) is 8.36. The average molecular weight is 417 g/mol. The van der Waals surface area contributed by atoms with Gasteiger partial charge >= 0.3 is 5.97 Å². The summed E-state index contributed by atoms with van der Waals surface area (Å²) in [4.78, 5) is 48.7. The number of hydrogen-bond donors (Lipinski definition) is 6. The van der Waals surface area contributed by atoms with E-state index in [1.165, 1.54) is 0 Å². The highest BCUT2D eigenvalue weighted by Crippen LogP contribution is 2.11. The van der Waals surface area contributed by atoms with Crippen LogP contribution in [0.25, 0.3) is 0 Å². The van der Waals surface area contributed by atoms with E-state index in [0.29, 0.717) is 6.42 Å². The molecule has 0 saturated heterocycles. The van der Waals surface area contributed by atoms with Gasteiger partial charge < -0.3 is 31.9 Å². The quantitative estimate of drug-likeness (QED) is 0.242. The monoisotopic (exact) mass is 416 g/mol. The van der Waals surface area contributed by atoms with Crippen molar-refractivity contribution in [3.63, 3.8) is 0 Å². The highest BCUT2D eigenvalue weighted by atomic mass is 16.4. The molecule has 0 rings (SSSR count). The van der Waals surface area contributed by atoms with E-state index in [1.807, 2.05) is 6.92 Å². The first kappa shape index (κ1) is 26.8. The van der Waals surface area contributed by atoms with Gasteiger partial charge in [-0.3, -0.25) is 14.4 Å². The Morgan fingerprint density at radius 1 is 0.828 bits per heavy atom. The minimum absolute atomic E-state index is 0.115. The molecule has 0 bridgehead atoms. The molecule has 5 atom stereocenters. The van der Waals surface area contributed by atoms with Gasteiger partial charge in [-0.05, 0) is 17.8 Å². The molecule has 0 aromatic heterocycles. The lowest BCUT2D eigenvalue weighted by atomic mass is 9.95. The molecule has 0 radical (unpaired) electrons. The molecule has 5 unspecified atom stereocenters. The Morgan fingerprint density at radius 3 is 1.69 bits per heavy atom. The summed E-state index contributed by atoms with van der Waals surface area (Å²) in [5.41, 5.74) is 5.86. The first-order chi connectivity index (χ1) is 13.4. The number of carboxylic acids is 1. The van der Waals surface area contributed by atoms with E-state index >= 15 is 0 Å². The van der Waals surface area contributed by atoms with Gasteiger partial charge in [-0.1, -0.05) is 48.0 Å². The molecular formula is C19H36N4O6. The molecule has 0 heterocycles. The maximum Gasteiger partial charge on any atom is 0.328 e. The lowest BCUT2D eigenvalue weighted by molar-refractivity contribution is -0.143. The summed E-state index contributed by atoms with van der Waals surface area (Å²) in [7, 11) is 0. The number of nitrogens with two attached hydrogens (primary N) is 1. The predicted molar refractivity (Wildman–Crippen MR) is 108 cm³/mol. The summed E-state index contributed by atoms with van der Waals surface area (Å²) in [6.45, 7) is 9.84. The standard InChI is InChI=1S/C19H36N4O6/c1-7-11(6)15(23-16(25)13(20)9(2)3)18(27)22-14(10(4)5)17(26)21-12(8-24)19(28)29/h9-15,24H,7-8,20H2,1-6H3,(H,21,26)(H,22,27)(H,23,25)(H,28,29). The van der Waals surface area contributed by atoms with Crippen LogP contribution < -0.4 is 21.7 Å². The van der Waals surface area contributed by atoms with Crippen LogP contribution in [-0.4, -0.2) is 64.7 Å². The Balaban J connectivity index is 5.41. The lowest BCUT2D eigenvalue weighted by Gasteiger charge is -2.29. The van der Waals surface area contributed by atoms with Crippen LogP contribution in [-0.2, 0) is 19.2 Å². The Labute approximate surface area is 172 Å². The van der Waals surface area contributed by atoms with E-state index in [0.717, 1.165) is 0 Å². The third-order valence-corrected chi connectivity index (χ3v) is 4.86. The number of nitrogens with one attached hydrogen (secondary N) is 3. The molecule has 0 aromatic carbocycles. The molecule has 0 aliphatic rings. The van der Waals surface area contributed by atoms with Crippen LogP contribution >= 0.6 is 0 Å². The Bertz CT molecular complexity index is 581. The first-order valence-electron chi connectivity index (χ1n) is 9.87. The number of carboxylic acid groups (broad SMARTS) is 1. The minimum Gasteiger partial charge on any atom is -0.480 e. The van der Waals surface area contributed by atoms with Crippen molar-refractivity contribution in [3.05, 3.63) is 0 Å². The molecule has 0 fully saturated rings. The Kier molecular flexibility index (Phi) is 11.4. The lowest BCUT2D eigenvalue weighted by Crippen LogP contribution is -2.60. The first-order valence-corrected chi connectivity index (χ1v) is 9.87. The van der Waals surface area contributed by atoms with Crippen molar-refractivity contribution in [3.8, 4) is 0 Å². The summed E-state index contributed by atoms with van der Waals surface area (Å²) >= 11 is 0. The molecule has 29 heavy (non-hydrogen) atoms. The minimum atomic E-state index is -1.48. The van der Waals surface area contributed by atoms with Gasteiger partial charge in [-0.25, -0.2) is 4.79 Å². The fraction of sp³-hybridized carbons (Fsp3) is 0.789. The fourth-order valence-corrected chi connectivity index (χ4v) is 2.48. The normalized spacial score (nSPS) is 16.5. The molecule has 0 aliphatic carbocycles. The number of rotatable bonds is 12. The molecule has 7 N–H and O–H groups in total. The van der Waals surface area contributed by atoms with E-state index in [9.17, 15) is 19.2 Å². The van der Waals surface area contributed by atoms with Crippen molar-refractivity contribution in [2.75, 3.05) is 6.61 Å². The number of aliphatic carboxylic acids is 1. The van der Waals surface area contributed by atoms with Crippen molar-refractivity contribution >= 4 is 23.7 Å². The van der Waals surface area contributed by atoms with E-state index in [1.54, 1.807) is 34.6 Å². The number of carbonyl (C=O) groups is 4. The molecular weight excluding hydrogens is 380 g/mol. The number of carbonyl (C=O) groups excluding carboxylic acids is 3. The zero-order valence-electron chi connectivity index (χ0n) is 18.1. The van der Waals surface area contributed by atoms with E-state index in [4.69, 9.17) is 15.9 Å². The maximum absolute atomic E-state index is 12.9. The van der Waals surface area contributed by atoms with E-state index < -0.39 is 54.5 Å². The van der Waals surface area contributed by atoms with Crippen LogP contribution in [0, 0.1) is 17.8 Å². The van der Waals surface area contributed by atoms with Gasteiger partial charge in [-0.2, -0.15) is 0 Å². The van der Waals surface area contributed by atoms with Crippen molar-refractivity contribution < 1.29 is 29.4 Å². The molecule has 0 aliphatic heterocycles. The SMILES string of the molecule is CCC(C)C(NC(=O)C(N)C(C)C)C(=O)NC(C(=O)NC(CO)C(=O)O)C(C)C. The van der Waals surface area contributed by atoms with Gasteiger partial charge in [0.15, 0.2) is 0 Å². The van der Waals surface area contributed by atoms with Crippen molar-refractivity contribution in [1.82, 2.24) is 16.0 Å². The van der Waals surface area contributed by atoms with Crippen LogP contribution in [0.3, 0.4) is 0 Å². The van der Waals surface area contributed by atoms with Crippen LogP contribution in [0.1, 0.15) is 48.0 Å². The zero-order valence-corrected chi connectivity index (χ0v) is 18.1. The molecule has 0 aromatic rings. The molecule has 10 heteroatoms. The second-order valence-corrected chi connectivity index (χ2v) is 7.95. The third-order valence-electron chi connectivity index (χ3n) is 4.86. The topological polar surface area (TPSA) is 171 Å². The summed E-state index contributed by atoms with van der Waals surface area (Å²) in [6.07, 6.45) is 0.597. The summed E-state index contributed by atoms with van der Waals surface area (Å²) in [5, 5.41) is 25.5. The summed E-state index contributed by atoms with van der Waals surface area (Å²) in [6, 6.07) is -4.20. The molecule has 0 saturated carbocycles. The van der Waals surface area contributed by atoms with Crippen LogP contribution in [0.5, 0.6) is 0 Å². The fourth-order valence-electron chi connectivity index (χ4n) is 2.48. The Morgan fingerprint density at radius 2 is 1.31 bits per heavy atom. The van der Waals surface area contributed by atoms with Gasteiger partial charge in [0.2, 0.25) is 17.7 Å². The van der Waals surface area contributed by atoms with Gasteiger partial charge in [0, 0.05) is 0 Å². The van der Waals surface area contributed by atoms with Gasteiger partial charge in [0.25, 0.3) is 0 Å². The van der Waals surface area contributed by atoms with Gasteiger partial charge in [0.1, 0.15) is 18.1 Å². The molecule has 0 spiro atoms. The largest absolute Gasteiger partial charge is 0.480 e. The van der Waals surface area contributed by atoms with Crippen LogP contribution in [0.15, 0.2) is 0 Å². The van der Waals surface area contributed by atoms with Crippen LogP contribution in [0.4, 0.5) is 0 Å². The smallest absolute Gasteiger partial charge is 0.328 e. The number of hydrogen-bond acceptors (Lipinski definition) is 6. The van der Waals surface area contributed by atoms with Crippen molar-refractivity contribution in [2.24, 2.45) is 23.5 Å².